The van der Waals surface area contributed by atoms with Gasteiger partial charge in [0.1, 0.15) is 0 Å². The zero-order chi connectivity index (χ0) is 2.00. The zero-order valence-electron chi connectivity index (χ0n) is 4.92. The third-order valence-corrected chi connectivity index (χ3v) is 0. The van der Waals surface area contributed by atoms with Crippen molar-refractivity contribution in [1.82, 2.24) is 0 Å². The Morgan fingerprint density at radius 1 is 1.33 bits per heavy atom. The van der Waals surface area contributed by atoms with Crippen molar-refractivity contribution in [3.63, 3.8) is 0 Å². The first-order valence-electron chi connectivity index (χ1n) is 0.144. The molecule has 0 saturated heterocycles. The molecule has 32 valence electrons. The number of hydrogen-bond acceptors (Lipinski definition) is 1. The average molecular weight is 448 g/mol. The van der Waals surface area contributed by atoms with E-state index in [2.05, 4.69) is 0 Å². The standard InChI is InChI=1S/Ca.Ce.Fe.La.Mn.O.2H/q+2;;;;;;2*-1. The van der Waals surface area contributed by atoms with Crippen LogP contribution in [0.15, 0.2) is 0 Å². The predicted octanol–water partition coefficient (Wildman–Crippen LogP) is -0.280. The number of hydrogen-bond donors (Lipinski definition) is 0. The first-order chi connectivity index (χ1) is 1.00. The fourth-order valence-corrected chi connectivity index (χ4v) is 0. The second kappa shape index (κ2) is 33.3. The Labute approximate surface area is 150 Å². The predicted molar refractivity (Wildman–Crippen MR) is 8.66 cm³/mol. The molecule has 0 saturated carbocycles. The van der Waals surface area contributed by atoms with Crippen LogP contribution in [-0.2, 0) is 36.8 Å². The molecule has 0 aromatic rings. The van der Waals surface area contributed by atoms with Crippen LogP contribution in [0.3, 0.4) is 0 Å². The second-order valence-electron chi connectivity index (χ2n) is 0. The summed E-state index contributed by atoms with van der Waals surface area (Å²) in [7, 11) is 0. The summed E-state index contributed by atoms with van der Waals surface area (Å²) in [4.78, 5) is 0. The molecule has 0 N–H and O–H groups in total. The summed E-state index contributed by atoms with van der Waals surface area (Å²) in [5.41, 5.74) is 0. The van der Waals surface area contributed by atoms with Gasteiger partial charge in [0.25, 0.3) is 0 Å². The number of rotatable bonds is 0. The van der Waals surface area contributed by atoms with E-state index in [1.165, 1.54) is 0 Å². The van der Waals surface area contributed by atoms with Crippen molar-refractivity contribution >= 4 is 37.7 Å². The van der Waals surface area contributed by atoms with Gasteiger partial charge in [-0.05, 0) is 0 Å². The molecule has 0 aromatic carbocycles. The van der Waals surface area contributed by atoms with Crippen molar-refractivity contribution in [3.05, 3.63) is 0 Å². The van der Waals surface area contributed by atoms with Gasteiger partial charge in [0.05, 0.1) is 0 Å². The molecule has 0 amide bonds. The van der Waals surface area contributed by atoms with Crippen molar-refractivity contribution < 1.29 is 117 Å². The van der Waals surface area contributed by atoms with Crippen LogP contribution in [0.4, 0.5) is 0 Å². The molecule has 0 aliphatic carbocycles. The Balaban J connectivity index is -0.000000000333. The molecule has 0 atom stereocenters. The molecule has 6 heavy (non-hydrogen) atoms. The quantitative estimate of drug-likeness (QED) is 0.467. The van der Waals surface area contributed by atoms with E-state index in [1.54, 1.807) is 0 Å². The Hall–Kier alpha value is 4.67. The third kappa shape index (κ3) is 23.4. The van der Waals surface area contributed by atoms with Gasteiger partial charge < -0.3 is 2.85 Å². The molecule has 6 heteroatoms. The normalized spacial score (nSPS) is 0.833. The van der Waals surface area contributed by atoms with Crippen molar-refractivity contribution in [1.29, 1.82) is 0 Å². The molecule has 0 spiro atoms. The minimum absolute atomic E-state index is 0. The van der Waals surface area contributed by atoms with E-state index in [1.807, 2.05) is 15.9 Å². The van der Waals surface area contributed by atoms with Gasteiger partial charge in [0, 0.05) is 94.4 Å². The Morgan fingerprint density at radius 3 is 1.33 bits per heavy atom. The monoisotopic (exact) mass is 448 g/mol. The van der Waals surface area contributed by atoms with Crippen LogP contribution in [0, 0.1) is 77.3 Å². The Bertz CT molecular complexity index is 22.0. The molecule has 0 rings (SSSR count). The van der Waals surface area contributed by atoms with Gasteiger partial charge in [-0.3, -0.25) is 0 Å². The van der Waals surface area contributed by atoms with Crippen molar-refractivity contribution in [2.75, 3.05) is 0 Å². The van der Waals surface area contributed by atoms with Crippen molar-refractivity contribution in [3.8, 4) is 0 Å². The van der Waals surface area contributed by atoms with Crippen LogP contribution < -0.4 is 0 Å². The first-order valence-corrected chi connectivity index (χ1v) is 0.595. The van der Waals surface area contributed by atoms with E-state index in [4.69, 9.17) is 3.83 Å². The molecule has 0 heterocycles. The van der Waals surface area contributed by atoms with Gasteiger partial charge in [0.15, 0.2) is 0 Å². The molecular weight excluding hydrogens is 446 g/mol. The zero-order valence-corrected chi connectivity index (χ0v) is 14.2. The average Bonchev–Trinajstić information content (AvgIpc) is 1.00. The van der Waals surface area contributed by atoms with E-state index in [9.17, 15) is 0 Å². The molecule has 0 aliphatic heterocycles. The van der Waals surface area contributed by atoms with Crippen molar-refractivity contribution in [2.24, 2.45) is 0 Å². The van der Waals surface area contributed by atoms with Gasteiger partial charge in [-0.15, -0.1) is 0 Å². The summed E-state index contributed by atoms with van der Waals surface area (Å²) < 4.78 is 8.00. The van der Waals surface area contributed by atoms with Gasteiger partial charge in [-0.2, -0.15) is 0 Å². The van der Waals surface area contributed by atoms with Gasteiger partial charge in [-0.25, -0.2) is 0 Å². The fraction of sp³-hybridized carbons (Fsp3) is 0. The molecule has 0 aromatic heterocycles. The molecule has 1 nitrogen and oxygen atoms in total. The summed E-state index contributed by atoms with van der Waals surface area (Å²) >= 11 is 2.00. The fourth-order valence-electron chi connectivity index (χ4n) is 0. The van der Waals surface area contributed by atoms with E-state index >= 15 is 0 Å². The van der Waals surface area contributed by atoms with Crippen molar-refractivity contribution in [2.45, 2.75) is 0 Å². The summed E-state index contributed by atoms with van der Waals surface area (Å²) in [5.74, 6) is 0. The SMILES string of the molecule is [Ca+2].[Ce].[H-].[H-].[La].[Mn].[O]=[Fe]. The molecular formula is H2CaCeFeLaMnO. The second-order valence-corrected chi connectivity index (χ2v) is 0. The van der Waals surface area contributed by atoms with Gasteiger partial charge in [-0.1, -0.05) is 0 Å². The van der Waals surface area contributed by atoms with Crippen LogP contribution in [0.2, 0.25) is 0 Å². The third-order valence-electron chi connectivity index (χ3n) is 0. The molecule has 2 radical (unpaired) electrons. The molecule has 0 aliphatic rings. The summed E-state index contributed by atoms with van der Waals surface area (Å²) in [6.45, 7) is 0. The van der Waals surface area contributed by atoms with Crippen LogP contribution >= 0.6 is 0 Å². The van der Waals surface area contributed by atoms with Crippen LogP contribution in [0.25, 0.3) is 0 Å². The topological polar surface area (TPSA) is 17.1 Å². The molecule has 0 unspecified atom stereocenters. The van der Waals surface area contributed by atoms with Gasteiger partial charge in [0.2, 0.25) is 0 Å². The van der Waals surface area contributed by atoms with Crippen LogP contribution in [0.1, 0.15) is 2.85 Å². The summed E-state index contributed by atoms with van der Waals surface area (Å²) in [5, 5.41) is 0. The maximum atomic E-state index is 8.00. The molecule has 0 fully saturated rings. The summed E-state index contributed by atoms with van der Waals surface area (Å²) in [6, 6.07) is 0. The van der Waals surface area contributed by atoms with E-state index in [-0.39, 0.29) is 135 Å². The maximum absolute atomic E-state index is 8.00. The Kier molecular flexibility index (Phi) is 172. The van der Waals surface area contributed by atoms with E-state index < -0.39 is 0 Å². The molecule has 0 bridgehead atoms. The van der Waals surface area contributed by atoms with Crippen LogP contribution in [-0.4, -0.2) is 37.7 Å². The van der Waals surface area contributed by atoms with Crippen LogP contribution in [0.5, 0.6) is 0 Å². The minimum atomic E-state index is 0. The van der Waals surface area contributed by atoms with E-state index in [0.717, 1.165) is 0 Å². The summed E-state index contributed by atoms with van der Waals surface area (Å²) in [6.07, 6.45) is 0. The Morgan fingerprint density at radius 2 is 1.33 bits per heavy atom. The first kappa shape index (κ1) is 31.0. The van der Waals surface area contributed by atoms with Gasteiger partial charge >= 0.3 is 57.5 Å². The van der Waals surface area contributed by atoms with E-state index in [0.29, 0.717) is 0 Å².